The second-order valence-electron chi connectivity index (χ2n) is 4.57. The van der Waals surface area contributed by atoms with Gasteiger partial charge in [-0.3, -0.25) is 14.4 Å². The molecule has 0 amide bonds. The molecule has 0 aromatic heterocycles. The van der Waals surface area contributed by atoms with E-state index in [-0.39, 0.29) is 6.42 Å². The van der Waals surface area contributed by atoms with Crippen LogP contribution in [0, 0.1) is 5.41 Å². The Balaban J connectivity index is 2.70. The predicted octanol–water partition coefficient (Wildman–Crippen LogP) is 1.53. The summed E-state index contributed by atoms with van der Waals surface area (Å²) >= 11 is 0. The van der Waals surface area contributed by atoms with Crippen LogP contribution in [0.1, 0.15) is 32.6 Å². The van der Waals surface area contributed by atoms with Gasteiger partial charge in [-0.1, -0.05) is 28.0 Å². The third-order valence-corrected chi connectivity index (χ3v) is 6.40. The van der Waals surface area contributed by atoms with Crippen LogP contribution in [0.15, 0.2) is 0 Å². The fourth-order valence-corrected chi connectivity index (χ4v) is 5.21. The first-order valence-electron chi connectivity index (χ1n) is 6.12. The quantitative estimate of drug-likeness (QED) is 0.519. The number of hydrogen-bond acceptors (Lipinski definition) is 6. The molecule has 1 aliphatic heterocycles. The van der Waals surface area contributed by atoms with Crippen LogP contribution in [-0.2, 0) is 14.4 Å². The van der Waals surface area contributed by atoms with Gasteiger partial charge in [0.05, 0.1) is 0 Å². The number of carbonyl (C=O) groups is 3. The van der Waals surface area contributed by atoms with Crippen LogP contribution in [0.4, 0.5) is 0 Å². The topological polar surface area (TPSA) is 91.7 Å². The zero-order valence-electron chi connectivity index (χ0n) is 10.8. The van der Waals surface area contributed by atoms with Crippen molar-refractivity contribution in [1.29, 1.82) is 0 Å². The number of aliphatic carboxylic acids is 1. The van der Waals surface area contributed by atoms with Crippen LogP contribution in [0.5, 0.6) is 0 Å². The first-order chi connectivity index (χ1) is 8.95. The van der Waals surface area contributed by atoms with Crippen LogP contribution >= 0.6 is 21.6 Å². The van der Waals surface area contributed by atoms with Gasteiger partial charge in [-0.05, 0) is 26.2 Å². The molecule has 0 saturated carbocycles. The van der Waals surface area contributed by atoms with Gasteiger partial charge in [0.25, 0.3) is 0 Å². The molecule has 7 heteroatoms. The molecule has 1 rings (SSSR count). The lowest BCUT2D eigenvalue weighted by Gasteiger charge is -2.24. The molecule has 2 N–H and O–H groups in total. The second-order valence-corrected chi connectivity index (χ2v) is 7.36. The molecule has 1 fully saturated rings. The third-order valence-electron chi connectivity index (χ3n) is 3.39. The molecule has 19 heavy (non-hydrogen) atoms. The van der Waals surface area contributed by atoms with Crippen molar-refractivity contribution in [1.82, 2.24) is 0 Å². The lowest BCUT2D eigenvalue weighted by molar-refractivity contribution is -0.161. The summed E-state index contributed by atoms with van der Waals surface area (Å²) < 4.78 is 0. The largest absolute Gasteiger partial charge is 0.480 e. The van der Waals surface area contributed by atoms with Gasteiger partial charge in [0.2, 0.25) is 0 Å². The Labute approximate surface area is 119 Å². The van der Waals surface area contributed by atoms with Crippen LogP contribution in [-0.4, -0.2) is 45.4 Å². The van der Waals surface area contributed by atoms with Gasteiger partial charge < -0.3 is 10.2 Å². The maximum atomic E-state index is 11.7. The molecule has 0 bridgehead atoms. The summed E-state index contributed by atoms with van der Waals surface area (Å²) in [6, 6.07) is 0. The van der Waals surface area contributed by atoms with E-state index in [0.29, 0.717) is 11.7 Å². The fourth-order valence-electron chi connectivity index (χ4n) is 2.18. The lowest BCUT2D eigenvalue weighted by Crippen LogP contribution is -2.46. The Morgan fingerprint density at radius 1 is 1.37 bits per heavy atom. The molecule has 1 saturated heterocycles. The zero-order chi connectivity index (χ0) is 14.5. The van der Waals surface area contributed by atoms with Crippen molar-refractivity contribution in [3.63, 3.8) is 0 Å². The van der Waals surface area contributed by atoms with Crippen molar-refractivity contribution >= 4 is 39.1 Å². The molecule has 5 nitrogen and oxygen atoms in total. The molecule has 0 spiro atoms. The number of aliphatic hydroxyl groups is 1. The highest BCUT2D eigenvalue weighted by Crippen LogP contribution is 2.40. The van der Waals surface area contributed by atoms with E-state index in [1.165, 1.54) is 0 Å². The summed E-state index contributed by atoms with van der Waals surface area (Å²) in [5.74, 6) is -1.98. The molecule has 0 aliphatic carbocycles. The van der Waals surface area contributed by atoms with Crippen LogP contribution in [0.2, 0.25) is 0 Å². The summed E-state index contributed by atoms with van der Waals surface area (Å²) in [7, 11) is 3.56. The molecule has 0 aromatic rings. The number of carboxylic acids is 1. The third kappa shape index (κ3) is 3.73. The van der Waals surface area contributed by atoms with Crippen LogP contribution in [0.25, 0.3) is 0 Å². The van der Waals surface area contributed by atoms with Gasteiger partial charge in [-0.15, -0.1) is 0 Å². The molecule has 1 aliphatic rings. The summed E-state index contributed by atoms with van der Waals surface area (Å²) in [5, 5.41) is 18.6. The highest BCUT2D eigenvalue weighted by molar-refractivity contribution is 8.77. The number of Topliss-reactive ketones (excluding diaryl/α,β-unsaturated/α-hetero) is 2. The minimum Gasteiger partial charge on any atom is -0.480 e. The Morgan fingerprint density at radius 2 is 2.05 bits per heavy atom. The van der Waals surface area contributed by atoms with E-state index in [0.717, 1.165) is 25.5 Å². The monoisotopic (exact) mass is 306 g/mol. The Kier molecular flexibility index (Phi) is 6.35. The highest BCUT2D eigenvalue weighted by atomic mass is 33.1. The summed E-state index contributed by atoms with van der Waals surface area (Å²) in [5.41, 5.74) is -2.06. The van der Waals surface area contributed by atoms with E-state index in [9.17, 15) is 19.5 Å². The number of rotatable bonds is 8. The number of aliphatic hydroxyl groups excluding tert-OH is 1. The minimum absolute atomic E-state index is 0.0290. The molecular weight excluding hydrogens is 288 g/mol. The number of hydrogen-bond donors (Lipinski definition) is 2. The fraction of sp³-hybridized carbons (Fsp3) is 0.750. The van der Waals surface area contributed by atoms with Crippen molar-refractivity contribution in [3.8, 4) is 0 Å². The Morgan fingerprint density at radius 3 is 2.47 bits per heavy atom. The van der Waals surface area contributed by atoms with E-state index in [2.05, 4.69) is 0 Å². The zero-order valence-corrected chi connectivity index (χ0v) is 12.4. The van der Waals surface area contributed by atoms with E-state index < -0.39 is 29.6 Å². The molecule has 108 valence electrons. The van der Waals surface area contributed by atoms with Crippen LogP contribution < -0.4 is 0 Å². The summed E-state index contributed by atoms with van der Waals surface area (Å²) in [6.07, 6.45) is 2.33. The predicted molar refractivity (Wildman–Crippen MR) is 75.1 cm³/mol. The second kappa shape index (κ2) is 7.31. The van der Waals surface area contributed by atoms with E-state index >= 15 is 0 Å². The molecule has 2 atom stereocenters. The van der Waals surface area contributed by atoms with Crippen molar-refractivity contribution in [2.45, 2.75) is 37.9 Å². The van der Waals surface area contributed by atoms with E-state index in [1.54, 1.807) is 21.6 Å². The van der Waals surface area contributed by atoms with Crippen molar-refractivity contribution in [2.75, 3.05) is 12.4 Å². The number of carboxylic acid groups (broad SMARTS) is 1. The SMILES string of the molecule is CC(=O)C(CCCC1CCSS1)(C(=O)O)C(=O)CO. The van der Waals surface area contributed by atoms with Gasteiger partial charge in [-0.25, -0.2) is 0 Å². The average molecular weight is 306 g/mol. The minimum atomic E-state index is -2.06. The van der Waals surface area contributed by atoms with Gasteiger partial charge in [0.1, 0.15) is 6.61 Å². The van der Waals surface area contributed by atoms with Crippen LogP contribution in [0.3, 0.4) is 0 Å². The first kappa shape index (κ1) is 16.5. The lowest BCUT2D eigenvalue weighted by atomic mass is 9.75. The van der Waals surface area contributed by atoms with Gasteiger partial charge in [0, 0.05) is 11.0 Å². The first-order valence-corrected chi connectivity index (χ1v) is 8.50. The average Bonchev–Trinajstić information content (AvgIpc) is 2.86. The molecule has 2 unspecified atom stereocenters. The van der Waals surface area contributed by atoms with Crippen molar-refractivity contribution in [2.24, 2.45) is 5.41 Å². The van der Waals surface area contributed by atoms with Gasteiger partial charge in [-0.2, -0.15) is 0 Å². The summed E-state index contributed by atoms with van der Waals surface area (Å²) in [6.45, 7) is 0.182. The van der Waals surface area contributed by atoms with E-state index in [1.807, 2.05) is 0 Å². The van der Waals surface area contributed by atoms with Gasteiger partial charge >= 0.3 is 5.97 Å². The van der Waals surface area contributed by atoms with Crippen molar-refractivity contribution < 1.29 is 24.6 Å². The Bertz CT molecular complexity index is 349. The molecule has 0 radical (unpaired) electrons. The molecule has 1 heterocycles. The standard InChI is InChI=1S/C12H18O5S2/c1-8(14)12(11(16)17,10(15)7-13)5-2-3-9-4-6-18-19-9/h9,13H,2-7H2,1H3,(H,16,17). The molecule has 0 aromatic carbocycles. The number of ketones is 2. The van der Waals surface area contributed by atoms with Gasteiger partial charge in [0.15, 0.2) is 17.0 Å². The normalized spacial score (nSPS) is 21.9. The maximum absolute atomic E-state index is 11.7. The van der Waals surface area contributed by atoms with E-state index in [4.69, 9.17) is 5.11 Å². The Hall–Kier alpha value is -0.530. The van der Waals surface area contributed by atoms with Crippen molar-refractivity contribution in [3.05, 3.63) is 0 Å². The maximum Gasteiger partial charge on any atom is 0.324 e. The molecular formula is C12H18O5S2. The summed E-state index contributed by atoms with van der Waals surface area (Å²) in [4.78, 5) is 34.6. The smallest absolute Gasteiger partial charge is 0.324 e. The number of carbonyl (C=O) groups excluding carboxylic acids is 2. The highest BCUT2D eigenvalue weighted by Gasteiger charge is 2.49.